The quantitative estimate of drug-likeness (QED) is 0.810. The molecular weight excluding hydrogens is 244 g/mol. The standard InChI is InChI=1S/C10H11ClN4O2/c11-9-12-4-7-8(14-9)15(10(16)13-7)5-6-2-1-3-17-6/h4,6H,1-3,5H2,(H,13,16). The van der Waals surface area contributed by atoms with Gasteiger partial charge in [0, 0.05) is 6.61 Å². The van der Waals surface area contributed by atoms with Gasteiger partial charge in [-0.3, -0.25) is 4.57 Å². The number of hydrogen-bond donors (Lipinski definition) is 1. The molecule has 0 amide bonds. The number of hydrogen-bond acceptors (Lipinski definition) is 4. The second-order valence-corrected chi connectivity index (χ2v) is 4.39. The third-order valence-electron chi connectivity index (χ3n) is 2.89. The number of nitrogens with one attached hydrogen (secondary N) is 1. The van der Waals surface area contributed by atoms with Crippen LogP contribution in [0.1, 0.15) is 12.8 Å². The van der Waals surface area contributed by atoms with Crippen LogP contribution in [0.15, 0.2) is 11.0 Å². The zero-order valence-corrected chi connectivity index (χ0v) is 9.78. The van der Waals surface area contributed by atoms with E-state index in [9.17, 15) is 4.79 Å². The van der Waals surface area contributed by atoms with Gasteiger partial charge in [-0.15, -0.1) is 0 Å². The fourth-order valence-corrected chi connectivity index (χ4v) is 2.22. The Morgan fingerprint density at radius 2 is 2.53 bits per heavy atom. The van der Waals surface area contributed by atoms with Crippen LogP contribution in [0.5, 0.6) is 0 Å². The second-order valence-electron chi connectivity index (χ2n) is 4.05. The van der Waals surface area contributed by atoms with Gasteiger partial charge in [-0.05, 0) is 24.4 Å². The van der Waals surface area contributed by atoms with Crippen LogP contribution in [0.4, 0.5) is 0 Å². The van der Waals surface area contributed by atoms with E-state index in [1.54, 1.807) is 4.57 Å². The summed E-state index contributed by atoms with van der Waals surface area (Å²) in [6.07, 6.45) is 3.61. The van der Waals surface area contributed by atoms with Crippen LogP contribution in [0.2, 0.25) is 5.28 Å². The molecule has 0 saturated carbocycles. The van der Waals surface area contributed by atoms with Crippen LogP contribution in [0.25, 0.3) is 11.2 Å². The average molecular weight is 255 g/mol. The number of rotatable bonds is 2. The van der Waals surface area contributed by atoms with E-state index in [0.29, 0.717) is 17.7 Å². The van der Waals surface area contributed by atoms with E-state index >= 15 is 0 Å². The van der Waals surface area contributed by atoms with E-state index in [4.69, 9.17) is 16.3 Å². The number of aromatic nitrogens is 4. The van der Waals surface area contributed by atoms with Crippen molar-refractivity contribution in [3.63, 3.8) is 0 Å². The molecule has 7 heteroatoms. The number of ether oxygens (including phenoxy) is 1. The van der Waals surface area contributed by atoms with E-state index in [1.165, 1.54) is 6.20 Å². The van der Waals surface area contributed by atoms with Crippen molar-refractivity contribution in [1.29, 1.82) is 0 Å². The van der Waals surface area contributed by atoms with Gasteiger partial charge in [0.05, 0.1) is 18.8 Å². The van der Waals surface area contributed by atoms with Gasteiger partial charge in [-0.1, -0.05) is 0 Å². The van der Waals surface area contributed by atoms with Gasteiger partial charge in [0.15, 0.2) is 5.65 Å². The van der Waals surface area contributed by atoms with Gasteiger partial charge in [-0.25, -0.2) is 9.78 Å². The molecule has 0 aliphatic carbocycles. The molecule has 17 heavy (non-hydrogen) atoms. The largest absolute Gasteiger partial charge is 0.376 e. The molecule has 0 radical (unpaired) electrons. The number of fused-ring (bicyclic) bond motifs is 1. The van der Waals surface area contributed by atoms with Crippen molar-refractivity contribution in [3.8, 4) is 0 Å². The third-order valence-corrected chi connectivity index (χ3v) is 3.07. The summed E-state index contributed by atoms with van der Waals surface area (Å²) in [4.78, 5) is 22.4. The van der Waals surface area contributed by atoms with Crippen LogP contribution in [-0.2, 0) is 11.3 Å². The van der Waals surface area contributed by atoms with Crippen molar-refractivity contribution >= 4 is 22.8 Å². The van der Waals surface area contributed by atoms with Crippen LogP contribution < -0.4 is 5.69 Å². The highest BCUT2D eigenvalue weighted by molar-refractivity contribution is 6.28. The Kier molecular flexibility index (Phi) is 2.60. The summed E-state index contributed by atoms with van der Waals surface area (Å²) >= 11 is 5.73. The lowest BCUT2D eigenvalue weighted by molar-refractivity contribution is 0.0970. The predicted molar refractivity (Wildman–Crippen MR) is 62.1 cm³/mol. The number of halogens is 1. The molecule has 0 aromatic carbocycles. The molecule has 90 valence electrons. The van der Waals surface area contributed by atoms with Crippen molar-refractivity contribution in [1.82, 2.24) is 19.5 Å². The second kappa shape index (κ2) is 4.12. The Morgan fingerprint density at radius 3 is 3.29 bits per heavy atom. The Hall–Kier alpha value is -1.40. The average Bonchev–Trinajstić information content (AvgIpc) is 2.90. The molecule has 1 saturated heterocycles. The summed E-state index contributed by atoms with van der Waals surface area (Å²) in [5.41, 5.74) is 0.926. The fourth-order valence-electron chi connectivity index (χ4n) is 2.09. The Labute approximate surface area is 102 Å². The summed E-state index contributed by atoms with van der Waals surface area (Å²) in [5.74, 6) is 0. The summed E-state index contributed by atoms with van der Waals surface area (Å²) < 4.78 is 7.06. The molecule has 3 heterocycles. The maximum atomic E-state index is 11.8. The predicted octanol–water partition coefficient (Wildman–Crippen LogP) is 0.952. The lowest BCUT2D eigenvalue weighted by Gasteiger charge is -2.09. The first-order valence-corrected chi connectivity index (χ1v) is 5.84. The number of imidazole rings is 1. The summed E-state index contributed by atoms with van der Waals surface area (Å²) in [7, 11) is 0. The van der Waals surface area contributed by atoms with Crippen LogP contribution in [0.3, 0.4) is 0 Å². The van der Waals surface area contributed by atoms with E-state index in [0.717, 1.165) is 19.4 Å². The molecule has 6 nitrogen and oxygen atoms in total. The third kappa shape index (κ3) is 1.94. The maximum Gasteiger partial charge on any atom is 0.327 e. The van der Waals surface area contributed by atoms with Crippen LogP contribution in [-0.4, -0.2) is 32.2 Å². The Morgan fingerprint density at radius 1 is 1.65 bits per heavy atom. The summed E-state index contributed by atoms with van der Waals surface area (Å²) in [5, 5.41) is 0.137. The highest BCUT2D eigenvalue weighted by Crippen LogP contribution is 2.16. The number of nitrogens with zero attached hydrogens (tertiary/aromatic N) is 3. The van der Waals surface area contributed by atoms with Crippen molar-refractivity contribution < 1.29 is 4.74 Å². The molecule has 1 atom stereocenters. The highest BCUT2D eigenvalue weighted by Gasteiger charge is 2.19. The van der Waals surface area contributed by atoms with Crippen LogP contribution in [0, 0.1) is 0 Å². The smallest absolute Gasteiger partial charge is 0.327 e. The van der Waals surface area contributed by atoms with Crippen molar-refractivity contribution in [3.05, 3.63) is 22.0 Å². The monoisotopic (exact) mass is 254 g/mol. The molecular formula is C10H11ClN4O2. The molecule has 0 spiro atoms. The lowest BCUT2D eigenvalue weighted by atomic mass is 10.2. The molecule has 1 N–H and O–H groups in total. The number of H-pyrrole nitrogens is 1. The molecule has 3 rings (SSSR count). The van der Waals surface area contributed by atoms with Gasteiger partial charge in [0.1, 0.15) is 5.52 Å². The van der Waals surface area contributed by atoms with Crippen molar-refractivity contribution in [2.75, 3.05) is 6.61 Å². The summed E-state index contributed by atoms with van der Waals surface area (Å²) in [6.45, 7) is 1.27. The van der Waals surface area contributed by atoms with Gasteiger partial charge in [0.2, 0.25) is 5.28 Å². The SMILES string of the molecule is O=c1[nH]c2cnc(Cl)nc2n1CC1CCCO1. The van der Waals surface area contributed by atoms with Crippen molar-refractivity contribution in [2.24, 2.45) is 0 Å². The van der Waals surface area contributed by atoms with E-state index < -0.39 is 0 Å². The first kappa shape index (κ1) is 10.7. The van der Waals surface area contributed by atoms with Crippen molar-refractivity contribution in [2.45, 2.75) is 25.5 Å². The lowest BCUT2D eigenvalue weighted by Crippen LogP contribution is -2.24. The van der Waals surface area contributed by atoms with Crippen LogP contribution >= 0.6 is 11.6 Å². The molecule has 0 bridgehead atoms. The minimum Gasteiger partial charge on any atom is -0.376 e. The van der Waals surface area contributed by atoms with Gasteiger partial charge < -0.3 is 9.72 Å². The first-order valence-electron chi connectivity index (χ1n) is 5.47. The first-order chi connectivity index (χ1) is 8.24. The normalized spacial score (nSPS) is 20.2. The molecule has 2 aromatic rings. The van der Waals surface area contributed by atoms with E-state index in [-0.39, 0.29) is 17.1 Å². The summed E-state index contributed by atoms with van der Waals surface area (Å²) in [6, 6.07) is 0. The van der Waals surface area contributed by atoms with E-state index in [2.05, 4.69) is 15.0 Å². The van der Waals surface area contributed by atoms with Gasteiger partial charge in [0.25, 0.3) is 0 Å². The molecule has 1 aliphatic heterocycles. The molecule has 2 aromatic heterocycles. The zero-order chi connectivity index (χ0) is 11.8. The minimum absolute atomic E-state index is 0.0837. The Balaban J connectivity index is 2.04. The molecule has 1 fully saturated rings. The maximum absolute atomic E-state index is 11.8. The van der Waals surface area contributed by atoms with Gasteiger partial charge in [-0.2, -0.15) is 4.98 Å². The topological polar surface area (TPSA) is 72.8 Å². The number of aromatic amines is 1. The Bertz CT molecular complexity index is 600. The molecule has 1 aliphatic rings. The minimum atomic E-state index is -0.202. The molecule has 1 unspecified atom stereocenters. The fraction of sp³-hybridized carbons (Fsp3) is 0.500. The zero-order valence-electron chi connectivity index (χ0n) is 9.02. The van der Waals surface area contributed by atoms with Gasteiger partial charge >= 0.3 is 5.69 Å². The highest BCUT2D eigenvalue weighted by atomic mass is 35.5. The van der Waals surface area contributed by atoms with E-state index in [1.807, 2.05) is 0 Å².